The zero-order chi connectivity index (χ0) is 19.3. The summed E-state index contributed by atoms with van der Waals surface area (Å²) in [5.41, 5.74) is 0.961. The van der Waals surface area contributed by atoms with E-state index in [1.54, 1.807) is 6.92 Å². The summed E-state index contributed by atoms with van der Waals surface area (Å²) in [7, 11) is 0. The summed E-state index contributed by atoms with van der Waals surface area (Å²) >= 11 is 0. The molecule has 0 spiro atoms. The van der Waals surface area contributed by atoms with Gasteiger partial charge in [-0.25, -0.2) is 4.79 Å². The van der Waals surface area contributed by atoms with E-state index in [9.17, 15) is 22.8 Å². The summed E-state index contributed by atoms with van der Waals surface area (Å²) in [5.74, 6) is -5.26. The third-order valence-corrected chi connectivity index (χ3v) is 4.19. The van der Waals surface area contributed by atoms with Gasteiger partial charge in [-0.15, -0.1) is 0 Å². The van der Waals surface area contributed by atoms with Gasteiger partial charge in [0, 0.05) is 13.1 Å². The van der Waals surface area contributed by atoms with Gasteiger partial charge < -0.3 is 20.1 Å². The quantitative estimate of drug-likeness (QED) is 0.802. The molecule has 2 N–H and O–H groups in total. The smallest absolute Gasteiger partial charge is 0.394 e. The molecule has 1 saturated heterocycles. The number of rotatable bonds is 6. The van der Waals surface area contributed by atoms with Crippen LogP contribution >= 0.6 is 0 Å². The molecule has 0 radical (unpaired) electrons. The van der Waals surface area contributed by atoms with E-state index < -0.39 is 49.1 Å². The van der Waals surface area contributed by atoms with E-state index in [-0.39, 0.29) is 6.61 Å². The number of amides is 2. The predicted molar refractivity (Wildman–Crippen MR) is 86.3 cm³/mol. The van der Waals surface area contributed by atoms with Crippen molar-refractivity contribution in [3.63, 3.8) is 0 Å². The van der Waals surface area contributed by atoms with E-state index in [1.165, 1.54) is 0 Å². The van der Waals surface area contributed by atoms with Gasteiger partial charge in [0.05, 0.1) is 31.1 Å². The molecule has 26 heavy (non-hydrogen) atoms. The van der Waals surface area contributed by atoms with Gasteiger partial charge >= 0.3 is 18.2 Å². The number of ether oxygens (including phenoxy) is 1. The number of halogens is 3. The fourth-order valence-electron chi connectivity index (χ4n) is 2.82. The second kappa shape index (κ2) is 8.39. The van der Waals surface area contributed by atoms with E-state index in [1.807, 2.05) is 30.3 Å². The standard InChI is InChI=1S/C17H21F3N2O4/c1-11(9-26-10-12-5-3-2-4-6-12)21-16(25)22-7-13(15(23)24)14(8-22)17(18,19)20/h2-6,11,13-14H,7-10H2,1H3,(H,21,25)(H,23,24)/t11?,13-,14-/m1/s1. The first-order chi connectivity index (χ1) is 12.2. The number of nitrogens with one attached hydrogen (secondary N) is 1. The topological polar surface area (TPSA) is 78.9 Å². The molecule has 1 fully saturated rings. The zero-order valence-corrected chi connectivity index (χ0v) is 14.2. The van der Waals surface area contributed by atoms with Crippen LogP contribution in [0, 0.1) is 11.8 Å². The Bertz CT molecular complexity index is 624. The highest BCUT2D eigenvalue weighted by molar-refractivity contribution is 5.78. The number of benzene rings is 1. The van der Waals surface area contributed by atoms with E-state index in [4.69, 9.17) is 9.84 Å². The SMILES string of the molecule is CC(COCc1ccccc1)NC(=O)N1C[C@@H](C(F)(F)F)[C@H](C(=O)O)C1. The number of likely N-dealkylation sites (tertiary alicyclic amines) is 1. The second-order valence-corrected chi connectivity index (χ2v) is 6.35. The Hall–Kier alpha value is -2.29. The van der Waals surface area contributed by atoms with Crippen molar-refractivity contribution in [3.8, 4) is 0 Å². The molecule has 1 heterocycles. The van der Waals surface area contributed by atoms with E-state index >= 15 is 0 Å². The maximum Gasteiger partial charge on any atom is 0.394 e. The van der Waals surface area contributed by atoms with Gasteiger partial charge in [-0.05, 0) is 12.5 Å². The highest BCUT2D eigenvalue weighted by Gasteiger charge is 2.53. The van der Waals surface area contributed by atoms with Crippen LogP contribution in [0.1, 0.15) is 12.5 Å². The number of aliphatic carboxylic acids is 1. The molecular formula is C17H21F3N2O4. The van der Waals surface area contributed by atoms with E-state index in [0.717, 1.165) is 10.5 Å². The lowest BCUT2D eigenvalue weighted by molar-refractivity contribution is -0.187. The van der Waals surface area contributed by atoms with Crippen LogP contribution in [0.3, 0.4) is 0 Å². The molecule has 3 atom stereocenters. The van der Waals surface area contributed by atoms with Crippen molar-refractivity contribution in [3.05, 3.63) is 35.9 Å². The highest BCUT2D eigenvalue weighted by Crippen LogP contribution is 2.37. The zero-order valence-electron chi connectivity index (χ0n) is 14.2. The fourth-order valence-corrected chi connectivity index (χ4v) is 2.82. The molecule has 6 nitrogen and oxygen atoms in total. The average Bonchev–Trinajstić information content (AvgIpc) is 3.02. The number of carboxylic acids is 1. The molecule has 2 rings (SSSR count). The summed E-state index contributed by atoms with van der Waals surface area (Å²) in [6.45, 7) is 1.06. The molecule has 2 amide bonds. The van der Waals surface area contributed by atoms with Gasteiger partial charge in [-0.2, -0.15) is 13.2 Å². The minimum atomic E-state index is -4.66. The van der Waals surface area contributed by atoms with Crippen LogP contribution in [0.4, 0.5) is 18.0 Å². The molecule has 1 aromatic rings. The van der Waals surface area contributed by atoms with Crippen LogP contribution in [0.2, 0.25) is 0 Å². The van der Waals surface area contributed by atoms with Crippen LogP contribution in [0.15, 0.2) is 30.3 Å². The number of alkyl halides is 3. The maximum absolute atomic E-state index is 13.0. The van der Waals surface area contributed by atoms with Crippen molar-refractivity contribution < 1.29 is 32.6 Å². The monoisotopic (exact) mass is 374 g/mol. The van der Waals surface area contributed by atoms with Gasteiger partial charge in [0.25, 0.3) is 0 Å². The van der Waals surface area contributed by atoms with Crippen LogP contribution < -0.4 is 5.32 Å². The summed E-state index contributed by atoms with van der Waals surface area (Å²) in [5, 5.41) is 11.5. The molecule has 0 aromatic heterocycles. The first kappa shape index (κ1) is 20.0. The van der Waals surface area contributed by atoms with Gasteiger partial charge in [-0.3, -0.25) is 4.79 Å². The molecule has 144 valence electrons. The van der Waals surface area contributed by atoms with Crippen molar-refractivity contribution >= 4 is 12.0 Å². The van der Waals surface area contributed by atoms with Crippen LogP contribution in [0.5, 0.6) is 0 Å². The largest absolute Gasteiger partial charge is 0.481 e. The van der Waals surface area contributed by atoms with Crippen molar-refractivity contribution in [2.75, 3.05) is 19.7 Å². The summed E-state index contributed by atoms with van der Waals surface area (Å²) in [6.07, 6.45) is -4.66. The summed E-state index contributed by atoms with van der Waals surface area (Å²) < 4.78 is 44.3. The van der Waals surface area contributed by atoms with Gasteiger partial charge in [-0.1, -0.05) is 30.3 Å². The Morgan fingerprint density at radius 3 is 2.50 bits per heavy atom. The van der Waals surface area contributed by atoms with Crippen molar-refractivity contribution in [2.24, 2.45) is 11.8 Å². The number of nitrogens with zero attached hydrogens (tertiary/aromatic N) is 1. The fraction of sp³-hybridized carbons (Fsp3) is 0.529. The van der Waals surface area contributed by atoms with Gasteiger partial charge in [0.2, 0.25) is 0 Å². The molecule has 1 aliphatic heterocycles. The van der Waals surface area contributed by atoms with Crippen molar-refractivity contribution in [1.82, 2.24) is 10.2 Å². The number of carboxylic acid groups (broad SMARTS) is 1. The van der Waals surface area contributed by atoms with Gasteiger partial charge in [0.15, 0.2) is 0 Å². The maximum atomic E-state index is 13.0. The molecule has 1 aliphatic rings. The van der Waals surface area contributed by atoms with E-state index in [0.29, 0.717) is 6.61 Å². The van der Waals surface area contributed by atoms with Crippen molar-refractivity contribution in [2.45, 2.75) is 25.7 Å². The van der Waals surface area contributed by atoms with Crippen molar-refractivity contribution in [1.29, 1.82) is 0 Å². The Morgan fingerprint density at radius 1 is 1.31 bits per heavy atom. The van der Waals surface area contributed by atoms with Crippen LogP contribution in [0.25, 0.3) is 0 Å². The van der Waals surface area contributed by atoms with Crippen LogP contribution in [-0.2, 0) is 16.1 Å². The molecule has 9 heteroatoms. The van der Waals surface area contributed by atoms with E-state index in [2.05, 4.69) is 5.32 Å². The normalized spacial score (nSPS) is 21.5. The lowest BCUT2D eigenvalue weighted by atomic mass is 9.96. The number of hydrogen-bond donors (Lipinski definition) is 2. The Balaban J connectivity index is 1.82. The molecule has 1 aromatic carbocycles. The minimum Gasteiger partial charge on any atom is -0.481 e. The second-order valence-electron chi connectivity index (χ2n) is 6.35. The molecule has 0 aliphatic carbocycles. The number of hydrogen-bond acceptors (Lipinski definition) is 3. The highest BCUT2D eigenvalue weighted by atomic mass is 19.4. The minimum absolute atomic E-state index is 0.180. The molecular weight excluding hydrogens is 353 g/mol. The summed E-state index contributed by atoms with van der Waals surface area (Å²) in [4.78, 5) is 24.1. The molecule has 0 saturated carbocycles. The number of carbonyl (C=O) groups excluding carboxylic acids is 1. The lowest BCUT2D eigenvalue weighted by Gasteiger charge is -2.21. The third-order valence-electron chi connectivity index (χ3n) is 4.19. The van der Waals surface area contributed by atoms with Crippen LogP contribution in [-0.4, -0.2) is 53.9 Å². The lowest BCUT2D eigenvalue weighted by Crippen LogP contribution is -2.45. The molecule has 0 bridgehead atoms. The van der Waals surface area contributed by atoms with Gasteiger partial charge in [0.1, 0.15) is 0 Å². The third kappa shape index (κ3) is 5.35. The predicted octanol–water partition coefficient (Wildman–Crippen LogP) is 2.50. The first-order valence-corrected chi connectivity index (χ1v) is 8.15. The summed E-state index contributed by atoms with van der Waals surface area (Å²) in [6, 6.07) is 8.23. The first-order valence-electron chi connectivity index (χ1n) is 8.15. The number of carbonyl (C=O) groups is 2. The molecule has 1 unspecified atom stereocenters. The number of urea groups is 1. The average molecular weight is 374 g/mol. The Labute approximate surface area is 148 Å². The Morgan fingerprint density at radius 2 is 1.96 bits per heavy atom. The Kier molecular flexibility index (Phi) is 6.47.